The molecule has 146 valence electrons. The van der Waals surface area contributed by atoms with E-state index in [1.54, 1.807) is 12.1 Å². The molecule has 4 N–H and O–H groups in total. The summed E-state index contributed by atoms with van der Waals surface area (Å²) in [6, 6.07) is 14.2. The Balaban J connectivity index is 1.63. The molecule has 1 aliphatic rings. The molecular weight excluding hydrogens is 378 g/mol. The van der Waals surface area contributed by atoms with Gasteiger partial charge in [0.05, 0.1) is 11.4 Å². The Morgan fingerprint density at radius 3 is 2.71 bits per heavy atom. The third-order valence-electron chi connectivity index (χ3n) is 4.24. The number of thioether (sulfide) groups is 1. The predicted octanol–water partition coefficient (Wildman–Crippen LogP) is 3.33. The number of carboxylic acid groups (broad SMARTS) is 1. The predicted molar refractivity (Wildman–Crippen MR) is 109 cm³/mol. The molecule has 2 aromatic rings. The first kappa shape index (κ1) is 19.8. The number of anilines is 2. The second kappa shape index (κ2) is 9.27. The normalized spacial score (nSPS) is 13.8. The zero-order chi connectivity index (χ0) is 19.9. The van der Waals surface area contributed by atoms with Crippen molar-refractivity contribution in [3.8, 4) is 0 Å². The Morgan fingerprint density at radius 2 is 1.96 bits per heavy atom. The molecule has 1 atom stereocenters. The van der Waals surface area contributed by atoms with Gasteiger partial charge in [-0.25, -0.2) is 4.79 Å². The molecule has 0 radical (unpaired) electrons. The van der Waals surface area contributed by atoms with Gasteiger partial charge in [-0.3, -0.25) is 9.59 Å². The Hall–Kier alpha value is -3.00. The van der Waals surface area contributed by atoms with Crippen LogP contribution in [0.3, 0.4) is 0 Å². The van der Waals surface area contributed by atoms with Crippen molar-refractivity contribution in [3.63, 3.8) is 0 Å². The summed E-state index contributed by atoms with van der Waals surface area (Å²) in [6.07, 6.45) is 0.840. The van der Waals surface area contributed by atoms with Crippen molar-refractivity contribution in [2.75, 3.05) is 16.4 Å². The standard InChI is InChI=1S/C20H21N3O4S/c24-18-12-28-17-8-6-15(11-16(17)23-18)22-20(27)21-14(7-9-19(25)26)10-13-4-2-1-3-5-13/h1-6,8,11,14H,7,9-10,12H2,(H,23,24)(H,25,26)(H2,21,22,27). The van der Waals surface area contributed by atoms with Gasteiger partial charge >= 0.3 is 12.0 Å². The van der Waals surface area contributed by atoms with Crippen LogP contribution in [0.2, 0.25) is 0 Å². The van der Waals surface area contributed by atoms with Crippen LogP contribution in [0.5, 0.6) is 0 Å². The summed E-state index contributed by atoms with van der Waals surface area (Å²) in [6.45, 7) is 0. The Bertz CT molecular complexity index is 873. The monoisotopic (exact) mass is 399 g/mol. The fraction of sp³-hybridized carbons (Fsp3) is 0.250. The Morgan fingerprint density at radius 1 is 1.18 bits per heavy atom. The summed E-state index contributed by atoms with van der Waals surface area (Å²) in [5.74, 6) is -0.593. The zero-order valence-electron chi connectivity index (χ0n) is 15.1. The number of fused-ring (bicyclic) bond motifs is 1. The van der Waals surface area contributed by atoms with E-state index in [1.165, 1.54) is 11.8 Å². The highest BCUT2D eigenvalue weighted by atomic mass is 32.2. The molecule has 3 amide bonds. The molecule has 7 nitrogen and oxygen atoms in total. The van der Waals surface area contributed by atoms with E-state index in [0.717, 1.165) is 10.5 Å². The molecule has 2 aromatic carbocycles. The summed E-state index contributed by atoms with van der Waals surface area (Å²) in [4.78, 5) is 35.8. The zero-order valence-corrected chi connectivity index (χ0v) is 15.9. The maximum atomic E-state index is 12.4. The van der Waals surface area contributed by atoms with E-state index in [9.17, 15) is 14.4 Å². The van der Waals surface area contributed by atoms with E-state index in [4.69, 9.17) is 5.11 Å². The van der Waals surface area contributed by atoms with Crippen molar-refractivity contribution in [1.29, 1.82) is 0 Å². The lowest BCUT2D eigenvalue weighted by atomic mass is 10.0. The van der Waals surface area contributed by atoms with Crippen LogP contribution >= 0.6 is 11.8 Å². The lowest BCUT2D eigenvalue weighted by Gasteiger charge is -2.20. The van der Waals surface area contributed by atoms with Crippen LogP contribution in [0, 0.1) is 0 Å². The molecule has 0 bridgehead atoms. The highest BCUT2D eigenvalue weighted by Gasteiger charge is 2.18. The van der Waals surface area contributed by atoms with Gasteiger partial charge in [-0.05, 0) is 36.6 Å². The highest BCUT2D eigenvalue weighted by Crippen LogP contribution is 2.33. The van der Waals surface area contributed by atoms with Gasteiger partial charge < -0.3 is 21.1 Å². The van der Waals surface area contributed by atoms with Crippen molar-refractivity contribution < 1.29 is 19.5 Å². The van der Waals surface area contributed by atoms with Crippen molar-refractivity contribution in [2.45, 2.75) is 30.2 Å². The van der Waals surface area contributed by atoms with Crippen LogP contribution in [0.4, 0.5) is 16.2 Å². The van der Waals surface area contributed by atoms with Gasteiger partial charge in [0.1, 0.15) is 0 Å². The maximum absolute atomic E-state index is 12.4. The molecule has 0 fully saturated rings. The number of benzene rings is 2. The highest BCUT2D eigenvalue weighted by molar-refractivity contribution is 8.00. The molecule has 1 unspecified atom stereocenters. The molecule has 0 spiro atoms. The quantitative estimate of drug-likeness (QED) is 0.571. The molecular formula is C20H21N3O4S. The first-order valence-corrected chi connectivity index (χ1v) is 9.88. The number of hydrogen-bond acceptors (Lipinski definition) is 4. The largest absolute Gasteiger partial charge is 0.481 e. The lowest BCUT2D eigenvalue weighted by molar-refractivity contribution is -0.137. The average Bonchev–Trinajstić information content (AvgIpc) is 2.66. The molecule has 0 saturated heterocycles. The van der Waals surface area contributed by atoms with Gasteiger partial charge in [-0.15, -0.1) is 11.8 Å². The summed E-state index contributed by atoms with van der Waals surface area (Å²) < 4.78 is 0. The number of hydrogen-bond donors (Lipinski definition) is 4. The number of nitrogens with one attached hydrogen (secondary N) is 3. The molecule has 0 saturated carbocycles. The molecule has 3 rings (SSSR count). The van der Waals surface area contributed by atoms with Gasteiger partial charge in [0.25, 0.3) is 0 Å². The Kier molecular flexibility index (Phi) is 6.54. The molecule has 1 heterocycles. The number of carboxylic acids is 1. The molecule has 28 heavy (non-hydrogen) atoms. The number of aliphatic carboxylic acids is 1. The number of urea groups is 1. The summed E-state index contributed by atoms with van der Waals surface area (Å²) >= 11 is 1.45. The van der Waals surface area contributed by atoms with Gasteiger partial charge in [0, 0.05) is 23.0 Å². The van der Waals surface area contributed by atoms with E-state index in [2.05, 4.69) is 16.0 Å². The molecule has 1 aliphatic heterocycles. The summed E-state index contributed by atoms with van der Waals surface area (Å²) in [5.41, 5.74) is 2.24. The average molecular weight is 399 g/mol. The number of amides is 3. The summed E-state index contributed by atoms with van der Waals surface area (Å²) in [5, 5.41) is 17.4. The fourth-order valence-electron chi connectivity index (χ4n) is 2.94. The van der Waals surface area contributed by atoms with Crippen LogP contribution in [0.1, 0.15) is 18.4 Å². The van der Waals surface area contributed by atoms with Gasteiger partial charge in [0.2, 0.25) is 5.91 Å². The van der Waals surface area contributed by atoms with Gasteiger partial charge in [0.15, 0.2) is 0 Å². The van der Waals surface area contributed by atoms with E-state index in [-0.39, 0.29) is 18.4 Å². The van der Waals surface area contributed by atoms with Gasteiger partial charge in [-0.2, -0.15) is 0 Å². The second-order valence-electron chi connectivity index (χ2n) is 6.47. The van der Waals surface area contributed by atoms with Crippen LogP contribution < -0.4 is 16.0 Å². The third kappa shape index (κ3) is 5.75. The SMILES string of the molecule is O=C(O)CCC(Cc1ccccc1)NC(=O)Nc1ccc2c(c1)NC(=O)CS2. The van der Waals surface area contributed by atoms with Crippen LogP contribution in [0.25, 0.3) is 0 Å². The van der Waals surface area contributed by atoms with Crippen molar-refractivity contribution in [2.24, 2.45) is 0 Å². The minimum Gasteiger partial charge on any atom is -0.481 e. The molecule has 0 aliphatic carbocycles. The number of rotatable bonds is 7. The van der Waals surface area contributed by atoms with E-state index < -0.39 is 12.0 Å². The second-order valence-corrected chi connectivity index (χ2v) is 7.48. The van der Waals surface area contributed by atoms with Crippen molar-refractivity contribution in [3.05, 3.63) is 54.1 Å². The van der Waals surface area contributed by atoms with Crippen LogP contribution in [-0.2, 0) is 16.0 Å². The molecule has 0 aromatic heterocycles. The van der Waals surface area contributed by atoms with Crippen molar-refractivity contribution >= 4 is 41.0 Å². The van der Waals surface area contributed by atoms with Crippen molar-refractivity contribution in [1.82, 2.24) is 5.32 Å². The van der Waals surface area contributed by atoms with E-state index >= 15 is 0 Å². The van der Waals surface area contributed by atoms with E-state index in [0.29, 0.717) is 30.0 Å². The van der Waals surface area contributed by atoms with Gasteiger partial charge in [-0.1, -0.05) is 30.3 Å². The number of carbonyl (C=O) groups excluding carboxylic acids is 2. The minimum absolute atomic E-state index is 0.0279. The lowest BCUT2D eigenvalue weighted by Crippen LogP contribution is -2.39. The van der Waals surface area contributed by atoms with Crippen LogP contribution in [-0.4, -0.2) is 34.8 Å². The third-order valence-corrected chi connectivity index (χ3v) is 5.31. The fourth-order valence-corrected chi connectivity index (χ4v) is 3.72. The minimum atomic E-state index is -0.900. The van der Waals surface area contributed by atoms with E-state index in [1.807, 2.05) is 36.4 Å². The first-order valence-electron chi connectivity index (χ1n) is 8.89. The smallest absolute Gasteiger partial charge is 0.319 e. The molecule has 8 heteroatoms. The first-order chi connectivity index (χ1) is 13.5. The Labute approximate surface area is 166 Å². The van der Waals surface area contributed by atoms with Crippen LogP contribution in [0.15, 0.2) is 53.4 Å². The summed E-state index contributed by atoms with van der Waals surface area (Å²) in [7, 11) is 0. The number of carbonyl (C=O) groups is 3. The topological polar surface area (TPSA) is 108 Å². The maximum Gasteiger partial charge on any atom is 0.319 e.